The Morgan fingerprint density at radius 3 is 2.39 bits per heavy atom. The first-order valence-corrected chi connectivity index (χ1v) is 5.07. The summed E-state index contributed by atoms with van der Waals surface area (Å²) < 4.78 is 67.2. The smallest absolute Gasteiger partial charge is 0.455 e. The maximum absolute atomic E-state index is 13.1. The highest BCUT2D eigenvalue weighted by Crippen LogP contribution is 2.41. The molecule has 1 aliphatic rings. The van der Waals surface area contributed by atoms with E-state index >= 15 is 0 Å². The molecule has 0 aromatic carbocycles. The highest BCUT2D eigenvalue weighted by Gasteiger charge is 2.65. The molecule has 0 radical (unpaired) electrons. The molecule has 0 bridgehead atoms. The van der Waals surface area contributed by atoms with Gasteiger partial charge in [-0.05, 0) is 6.92 Å². The molecule has 4 nitrogen and oxygen atoms in total. The standard InChI is InChI=1S/C9H11F5N2O2/c1-3-18-7(17)5-4(2)6(16-15-5)8(10,11)9(12,13)14/h4,6,16H,3H2,1-2H3. The molecule has 2 atom stereocenters. The third-order valence-corrected chi connectivity index (χ3v) is 2.51. The van der Waals surface area contributed by atoms with Crippen molar-refractivity contribution in [1.29, 1.82) is 0 Å². The lowest BCUT2D eigenvalue weighted by Gasteiger charge is -2.27. The minimum absolute atomic E-state index is 0.0229. The molecule has 1 aliphatic heterocycles. The summed E-state index contributed by atoms with van der Waals surface area (Å²) in [6, 6.07) is -2.31. The Bertz CT molecular complexity index is 366. The van der Waals surface area contributed by atoms with Crippen molar-refractivity contribution >= 4 is 11.7 Å². The number of halogens is 5. The Morgan fingerprint density at radius 2 is 1.94 bits per heavy atom. The summed E-state index contributed by atoms with van der Waals surface area (Å²) in [5.41, 5.74) is 1.19. The van der Waals surface area contributed by atoms with Crippen LogP contribution in [0.4, 0.5) is 22.0 Å². The van der Waals surface area contributed by atoms with Crippen LogP contribution in [0, 0.1) is 5.92 Å². The number of carbonyl (C=O) groups excluding carboxylic acids is 1. The highest BCUT2D eigenvalue weighted by molar-refractivity contribution is 6.37. The molecule has 18 heavy (non-hydrogen) atoms. The molecular formula is C9H11F5N2O2. The molecule has 104 valence electrons. The second-order valence-electron chi connectivity index (χ2n) is 3.73. The molecular weight excluding hydrogens is 263 g/mol. The first-order chi connectivity index (χ1) is 8.13. The van der Waals surface area contributed by atoms with E-state index < -0.39 is 35.7 Å². The Labute approximate surface area is 99.2 Å². The van der Waals surface area contributed by atoms with Crippen molar-refractivity contribution in [3.8, 4) is 0 Å². The van der Waals surface area contributed by atoms with Crippen LogP contribution in [0.3, 0.4) is 0 Å². The zero-order valence-corrected chi connectivity index (χ0v) is 9.52. The van der Waals surface area contributed by atoms with Gasteiger partial charge in [-0.1, -0.05) is 6.92 Å². The van der Waals surface area contributed by atoms with Gasteiger partial charge in [0.1, 0.15) is 6.04 Å². The van der Waals surface area contributed by atoms with Crippen molar-refractivity contribution in [3.05, 3.63) is 0 Å². The van der Waals surface area contributed by atoms with Crippen molar-refractivity contribution in [2.24, 2.45) is 11.0 Å². The average molecular weight is 274 g/mol. The van der Waals surface area contributed by atoms with E-state index in [1.54, 1.807) is 5.43 Å². The summed E-state index contributed by atoms with van der Waals surface area (Å²) in [4.78, 5) is 11.3. The molecule has 0 amide bonds. The van der Waals surface area contributed by atoms with E-state index in [4.69, 9.17) is 0 Å². The molecule has 0 spiro atoms. The summed E-state index contributed by atoms with van der Waals surface area (Å²) in [7, 11) is 0. The van der Waals surface area contributed by atoms with Gasteiger partial charge in [0.2, 0.25) is 0 Å². The lowest BCUT2D eigenvalue weighted by atomic mass is 9.93. The quantitative estimate of drug-likeness (QED) is 0.629. The molecule has 0 fully saturated rings. The highest BCUT2D eigenvalue weighted by atomic mass is 19.4. The van der Waals surface area contributed by atoms with Crippen LogP contribution in [0.5, 0.6) is 0 Å². The largest absolute Gasteiger partial charge is 0.461 e. The van der Waals surface area contributed by atoms with Crippen LogP contribution in [0.2, 0.25) is 0 Å². The zero-order chi connectivity index (χ0) is 14.1. The van der Waals surface area contributed by atoms with Crippen LogP contribution >= 0.6 is 0 Å². The molecule has 0 aromatic rings. The van der Waals surface area contributed by atoms with Gasteiger partial charge in [0.25, 0.3) is 0 Å². The van der Waals surface area contributed by atoms with Crippen molar-refractivity contribution < 1.29 is 31.5 Å². The predicted molar refractivity (Wildman–Crippen MR) is 51.2 cm³/mol. The van der Waals surface area contributed by atoms with Crippen LogP contribution in [0.1, 0.15) is 13.8 Å². The molecule has 0 saturated carbocycles. The van der Waals surface area contributed by atoms with Gasteiger partial charge in [0.15, 0.2) is 5.71 Å². The lowest BCUT2D eigenvalue weighted by molar-refractivity contribution is -0.294. The molecule has 0 aliphatic carbocycles. The molecule has 1 heterocycles. The molecule has 2 unspecified atom stereocenters. The van der Waals surface area contributed by atoms with Crippen LogP contribution in [-0.4, -0.2) is 36.4 Å². The fourth-order valence-electron chi connectivity index (χ4n) is 1.52. The lowest BCUT2D eigenvalue weighted by Crippen LogP contribution is -2.54. The number of esters is 1. The number of alkyl halides is 5. The summed E-state index contributed by atoms with van der Waals surface area (Å²) in [6.07, 6.45) is -5.71. The summed E-state index contributed by atoms with van der Waals surface area (Å²) in [6.45, 7) is 2.51. The van der Waals surface area contributed by atoms with E-state index in [-0.39, 0.29) is 6.61 Å². The summed E-state index contributed by atoms with van der Waals surface area (Å²) >= 11 is 0. The summed E-state index contributed by atoms with van der Waals surface area (Å²) in [5, 5.41) is 3.21. The van der Waals surface area contributed by atoms with E-state index in [0.717, 1.165) is 6.92 Å². The fourth-order valence-corrected chi connectivity index (χ4v) is 1.52. The Morgan fingerprint density at radius 1 is 1.39 bits per heavy atom. The van der Waals surface area contributed by atoms with Gasteiger partial charge in [-0.25, -0.2) is 4.79 Å². The van der Waals surface area contributed by atoms with Gasteiger partial charge in [-0.15, -0.1) is 0 Å². The maximum Gasteiger partial charge on any atom is 0.455 e. The van der Waals surface area contributed by atoms with Crippen molar-refractivity contribution in [2.45, 2.75) is 32.0 Å². The topological polar surface area (TPSA) is 50.7 Å². The van der Waals surface area contributed by atoms with Crippen LogP contribution < -0.4 is 5.43 Å². The number of hydrazone groups is 1. The summed E-state index contributed by atoms with van der Waals surface area (Å²) in [5.74, 6) is -7.39. The normalized spacial score (nSPS) is 24.5. The first kappa shape index (κ1) is 14.7. The SMILES string of the molecule is CCOC(=O)C1=NNC(C(F)(F)C(F)(F)F)C1C. The van der Waals surface area contributed by atoms with Crippen molar-refractivity contribution in [2.75, 3.05) is 6.61 Å². The third kappa shape index (κ3) is 2.39. The van der Waals surface area contributed by atoms with Crippen LogP contribution in [0.15, 0.2) is 5.10 Å². The van der Waals surface area contributed by atoms with E-state index in [2.05, 4.69) is 9.84 Å². The fraction of sp³-hybridized carbons (Fsp3) is 0.778. The van der Waals surface area contributed by atoms with Crippen LogP contribution in [-0.2, 0) is 9.53 Å². The van der Waals surface area contributed by atoms with Crippen molar-refractivity contribution in [3.63, 3.8) is 0 Å². The van der Waals surface area contributed by atoms with E-state index in [1.807, 2.05) is 0 Å². The molecule has 9 heteroatoms. The Balaban J connectivity index is 2.86. The molecule has 1 rings (SSSR count). The monoisotopic (exact) mass is 274 g/mol. The van der Waals surface area contributed by atoms with Crippen molar-refractivity contribution in [1.82, 2.24) is 5.43 Å². The van der Waals surface area contributed by atoms with E-state index in [1.165, 1.54) is 6.92 Å². The number of hydrogen-bond acceptors (Lipinski definition) is 4. The minimum atomic E-state index is -5.71. The van der Waals surface area contributed by atoms with Crippen LogP contribution in [0.25, 0.3) is 0 Å². The van der Waals surface area contributed by atoms with Gasteiger partial charge in [-0.2, -0.15) is 27.1 Å². The predicted octanol–water partition coefficient (Wildman–Crippen LogP) is 1.71. The van der Waals surface area contributed by atoms with Gasteiger partial charge < -0.3 is 4.74 Å². The number of rotatable bonds is 3. The maximum atomic E-state index is 13.1. The zero-order valence-electron chi connectivity index (χ0n) is 9.52. The first-order valence-electron chi connectivity index (χ1n) is 5.07. The van der Waals surface area contributed by atoms with Gasteiger partial charge in [-0.3, -0.25) is 5.43 Å². The number of hydrogen-bond donors (Lipinski definition) is 1. The average Bonchev–Trinajstić information content (AvgIpc) is 2.59. The van der Waals surface area contributed by atoms with E-state index in [0.29, 0.717) is 0 Å². The molecule has 1 N–H and O–H groups in total. The number of nitrogens with one attached hydrogen (secondary N) is 1. The van der Waals surface area contributed by atoms with Gasteiger partial charge in [0.05, 0.1) is 6.61 Å². The second-order valence-corrected chi connectivity index (χ2v) is 3.73. The number of ether oxygens (including phenoxy) is 1. The third-order valence-electron chi connectivity index (χ3n) is 2.51. The number of carbonyl (C=O) groups is 1. The number of nitrogens with zero attached hydrogens (tertiary/aromatic N) is 1. The Hall–Kier alpha value is -1.41. The van der Waals surface area contributed by atoms with E-state index in [9.17, 15) is 26.7 Å². The molecule has 0 aromatic heterocycles. The molecule has 0 saturated heterocycles. The minimum Gasteiger partial charge on any atom is -0.461 e. The van der Waals surface area contributed by atoms with Gasteiger partial charge >= 0.3 is 18.1 Å². The Kier molecular flexibility index (Phi) is 3.82. The van der Waals surface area contributed by atoms with Gasteiger partial charge in [0, 0.05) is 5.92 Å². The second kappa shape index (κ2) is 4.69.